The predicted molar refractivity (Wildman–Crippen MR) is 368 cm³/mol. The summed E-state index contributed by atoms with van der Waals surface area (Å²) in [5, 5.41) is 115. The van der Waals surface area contributed by atoms with Gasteiger partial charge in [0.05, 0.1) is 131 Å². The third-order valence-electron chi connectivity index (χ3n) is 15.7. The summed E-state index contributed by atoms with van der Waals surface area (Å²) in [5.41, 5.74) is 11.2. The number of ether oxygens (including phenoxy) is 9. The van der Waals surface area contributed by atoms with Crippen molar-refractivity contribution >= 4 is 59.2 Å². The number of aliphatic hydroxyl groups is 10. The van der Waals surface area contributed by atoms with Gasteiger partial charge in [-0.05, 0) is 68.6 Å². The molecule has 10 amide bonds. The highest BCUT2D eigenvalue weighted by Crippen LogP contribution is 2.16. The fraction of sp³-hybridized carbons (Fsp3) is 0.742. The summed E-state index contributed by atoms with van der Waals surface area (Å²) in [5.74, 6) is -4.03. The molecule has 0 saturated carbocycles. The normalized spacial score (nSPS) is 15.5. The lowest BCUT2D eigenvalue weighted by atomic mass is 10.0. The van der Waals surface area contributed by atoms with Crippen molar-refractivity contribution in [1.29, 1.82) is 0 Å². The van der Waals surface area contributed by atoms with Crippen LogP contribution >= 0.6 is 0 Å². The van der Waals surface area contributed by atoms with Gasteiger partial charge in [0, 0.05) is 69.9 Å². The Bertz CT molecular complexity index is 2570. The van der Waals surface area contributed by atoms with Crippen molar-refractivity contribution in [2.45, 2.75) is 152 Å². The van der Waals surface area contributed by atoms with Crippen LogP contribution in [-0.2, 0) is 82.8 Å². The Balaban J connectivity index is 1.66. The number of unbranched alkanes of at least 4 members (excludes halogenated alkanes) is 3. The number of hydrogen-bond donors (Lipinski definition) is 18. The van der Waals surface area contributed by atoms with Crippen LogP contribution in [0.5, 0.6) is 0 Å². The second kappa shape index (κ2) is 56.5. The second-order valence-electron chi connectivity index (χ2n) is 24.5. The van der Waals surface area contributed by atoms with Gasteiger partial charge < -0.3 is 137 Å². The molecule has 1 heterocycles. The quantitative estimate of drug-likeness (QED) is 0.0213. The van der Waals surface area contributed by atoms with Crippen LogP contribution in [0.4, 0.5) is 15.3 Å². The van der Waals surface area contributed by atoms with E-state index in [9.17, 15) is 84.0 Å². The van der Waals surface area contributed by atoms with Gasteiger partial charge in [0.15, 0.2) is 0 Å². The molecular formula is C66H114N10O28. The molecule has 1 aromatic carbocycles. The Morgan fingerprint density at radius 3 is 1.40 bits per heavy atom. The number of nitrogens with two attached hydrogens (primary N) is 2. The van der Waals surface area contributed by atoms with E-state index in [1.165, 1.54) is 17.1 Å². The maximum Gasteiger partial charge on any atom is 0.404 e. The van der Waals surface area contributed by atoms with Crippen LogP contribution in [-0.4, -0.2) is 339 Å². The molecule has 104 heavy (non-hydrogen) atoms. The summed E-state index contributed by atoms with van der Waals surface area (Å²) >= 11 is 0. The maximum absolute atomic E-state index is 14.1. The van der Waals surface area contributed by atoms with Crippen LogP contribution in [0.25, 0.3) is 0 Å². The van der Waals surface area contributed by atoms with Crippen LogP contribution in [0.1, 0.15) is 83.6 Å². The van der Waals surface area contributed by atoms with Gasteiger partial charge in [0.25, 0.3) is 11.8 Å². The van der Waals surface area contributed by atoms with Crippen molar-refractivity contribution in [1.82, 2.24) is 36.4 Å². The number of urea groups is 1. The number of carbonyl (C=O) groups is 9. The lowest BCUT2D eigenvalue weighted by Crippen LogP contribution is -2.57. The number of benzene rings is 1. The molecule has 0 unspecified atom stereocenters. The SMILES string of the molecule is CC(C)[C@H](NC(=O)[C@H](CCCCNC(=O)CCOCCOCCOCCOCCOCCOCCOCCOCCN(C[C@H](O)[C@@H](O)[C@H](O)[C@H](O)CO)C[C@H](O)[C@@H](O)[C@H](O)[C@H](O)CO)NC(=O)CCCCCN1C(=O)C=CC1=O)C(=O)N[C@@H](CCCNC(N)=O)C(=O)Nc1ccc(COC(N)=O)cc1. The number of hydrogen-bond acceptors (Lipinski definition) is 29. The monoisotopic (exact) mass is 1490 g/mol. The zero-order valence-electron chi connectivity index (χ0n) is 59.5. The lowest BCUT2D eigenvalue weighted by Gasteiger charge is -2.33. The van der Waals surface area contributed by atoms with Crippen molar-refractivity contribution < 1.29 is 137 Å². The average molecular weight is 1500 g/mol. The molecule has 0 aliphatic carbocycles. The highest BCUT2D eigenvalue weighted by atomic mass is 16.6. The molecule has 596 valence electrons. The number of carbonyl (C=O) groups excluding carboxylic acids is 9. The number of aliphatic hydroxyl groups excluding tert-OH is 10. The Kier molecular flexibility index (Phi) is 50.7. The van der Waals surface area contributed by atoms with Gasteiger partial charge in [0.2, 0.25) is 29.5 Å². The van der Waals surface area contributed by atoms with E-state index < -0.39 is 147 Å². The fourth-order valence-corrected chi connectivity index (χ4v) is 9.74. The van der Waals surface area contributed by atoms with Crippen molar-refractivity contribution in [3.05, 3.63) is 42.0 Å². The Labute approximate surface area is 605 Å². The van der Waals surface area contributed by atoms with Crippen LogP contribution in [0.15, 0.2) is 36.4 Å². The summed E-state index contributed by atoms with van der Waals surface area (Å²) in [4.78, 5) is 116. The fourth-order valence-electron chi connectivity index (χ4n) is 9.74. The van der Waals surface area contributed by atoms with E-state index >= 15 is 0 Å². The molecule has 0 fully saturated rings. The number of imide groups is 1. The summed E-state index contributed by atoms with van der Waals surface area (Å²) < 4.78 is 48.9. The van der Waals surface area contributed by atoms with E-state index in [4.69, 9.17) is 64.3 Å². The summed E-state index contributed by atoms with van der Waals surface area (Å²) in [6.07, 6.45) is -10.5. The molecule has 2 rings (SSSR count). The summed E-state index contributed by atoms with van der Waals surface area (Å²) in [7, 11) is 0. The lowest BCUT2D eigenvalue weighted by molar-refractivity contribution is -0.137. The van der Waals surface area contributed by atoms with Crippen LogP contribution in [0, 0.1) is 5.92 Å². The molecule has 38 nitrogen and oxygen atoms in total. The minimum absolute atomic E-state index is 0.00234. The van der Waals surface area contributed by atoms with Crippen LogP contribution < -0.4 is 43.4 Å². The minimum atomic E-state index is -1.91. The smallest absolute Gasteiger partial charge is 0.404 e. The molecule has 0 spiro atoms. The standard InChI is InChI=1S/C66H114N10O28/c1-44(2)57(64(93)73-48(10-8-20-70-65(67)94)62(91)71-46-14-12-45(13-15-46)43-104-66(68)95)74-63(92)47(72-54(84)11-4-3-7-21-76-55(85)16-17-56(76)86)9-5-6-19-69-53(83)18-23-96-25-27-98-29-31-100-33-35-102-37-38-103-36-34-101-32-30-99-28-26-97-24-22-75(39-49(79)58(87)60(89)51(81)41-77)40-50(80)59(88)61(90)52(82)42-78/h12-17,44,47-52,57-61,77-82,87-90H,3-11,18-43H2,1-2H3,(H2,68,95)(H,69,83)(H,71,91)(H,72,84)(H,73,93)(H,74,92)(H3,67,70,94)/t47-,48-,49-,50-,51+,52+,57-,58+,59+,60+,61+/m0/s1. The maximum atomic E-state index is 14.1. The number of primary amides is 2. The molecule has 1 aromatic rings. The first-order valence-electron chi connectivity index (χ1n) is 34.9. The number of rotatable bonds is 64. The number of anilines is 1. The summed E-state index contributed by atoms with van der Waals surface area (Å²) in [6, 6.07) is 2.07. The molecule has 0 aromatic heterocycles. The van der Waals surface area contributed by atoms with Crippen LogP contribution in [0.2, 0.25) is 0 Å². The van der Waals surface area contributed by atoms with Gasteiger partial charge in [-0.2, -0.15) is 0 Å². The van der Waals surface area contributed by atoms with Crippen molar-refractivity contribution in [3.63, 3.8) is 0 Å². The second-order valence-corrected chi connectivity index (χ2v) is 24.5. The molecule has 1 aliphatic rings. The van der Waals surface area contributed by atoms with E-state index in [2.05, 4.69) is 31.9 Å². The van der Waals surface area contributed by atoms with E-state index in [0.717, 1.165) is 4.90 Å². The highest BCUT2D eigenvalue weighted by molar-refractivity contribution is 6.12. The van der Waals surface area contributed by atoms with E-state index in [0.29, 0.717) is 96.2 Å². The molecular weight excluding hydrogens is 1380 g/mol. The molecule has 38 heteroatoms. The predicted octanol–water partition coefficient (Wildman–Crippen LogP) is -5.75. The first kappa shape index (κ1) is 93.3. The molecule has 11 atom stereocenters. The number of nitrogens with zero attached hydrogens (tertiary/aromatic N) is 2. The first-order valence-corrected chi connectivity index (χ1v) is 34.9. The number of nitrogens with one attached hydrogen (secondary N) is 6. The average Bonchev–Trinajstić information content (AvgIpc) is 1.29. The highest BCUT2D eigenvalue weighted by Gasteiger charge is 2.36. The third kappa shape index (κ3) is 42.4. The van der Waals surface area contributed by atoms with E-state index in [1.54, 1.807) is 38.1 Å². The van der Waals surface area contributed by atoms with Crippen molar-refractivity contribution in [2.24, 2.45) is 17.4 Å². The summed E-state index contributed by atoms with van der Waals surface area (Å²) in [6.45, 7) is 5.23. The zero-order valence-corrected chi connectivity index (χ0v) is 59.5. The molecule has 0 saturated heterocycles. The van der Waals surface area contributed by atoms with E-state index in [-0.39, 0.29) is 124 Å². The Morgan fingerprint density at radius 2 is 0.933 bits per heavy atom. The van der Waals surface area contributed by atoms with E-state index in [1.807, 2.05) is 0 Å². The van der Waals surface area contributed by atoms with Gasteiger partial charge in [-0.25, -0.2) is 9.59 Å². The van der Waals surface area contributed by atoms with Crippen molar-refractivity contribution in [2.75, 3.05) is 164 Å². The van der Waals surface area contributed by atoms with Gasteiger partial charge in [-0.15, -0.1) is 0 Å². The van der Waals surface area contributed by atoms with Gasteiger partial charge in [0.1, 0.15) is 61.4 Å². The molecule has 1 aliphatic heterocycles. The molecule has 20 N–H and O–H groups in total. The Hall–Kier alpha value is -6.77. The molecule has 0 bridgehead atoms. The largest absolute Gasteiger partial charge is 0.445 e. The number of amides is 10. The van der Waals surface area contributed by atoms with Crippen molar-refractivity contribution in [3.8, 4) is 0 Å². The van der Waals surface area contributed by atoms with Gasteiger partial charge in [-0.3, -0.25) is 43.4 Å². The van der Waals surface area contributed by atoms with Crippen LogP contribution in [0.3, 0.4) is 0 Å². The van der Waals surface area contributed by atoms with Gasteiger partial charge >= 0.3 is 12.1 Å². The topological polar surface area (TPSA) is 570 Å². The minimum Gasteiger partial charge on any atom is -0.445 e. The first-order chi connectivity index (χ1) is 49.8. The molecule has 0 radical (unpaired) electrons. The zero-order chi connectivity index (χ0) is 77.0. The Morgan fingerprint density at radius 1 is 0.481 bits per heavy atom. The third-order valence-corrected chi connectivity index (χ3v) is 15.7. The van der Waals surface area contributed by atoms with Gasteiger partial charge in [-0.1, -0.05) is 32.4 Å².